The standard InChI is InChI=1S/C19H17NO5/c1-12(17-10-13-5-2-3-8-16(13)25-17)20-18(22)11-24-19(23)14-6-4-7-15(21)9-14/h2-10,12,21H,11H2,1H3,(H,20,22)/t12-/m0/s1. The summed E-state index contributed by atoms with van der Waals surface area (Å²) >= 11 is 0. The van der Waals surface area contributed by atoms with Crippen molar-refractivity contribution in [2.45, 2.75) is 13.0 Å². The number of benzene rings is 2. The van der Waals surface area contributed by atoms with Crippen molar-refractivity contribution in [3.05, 3.63) is 65.9 Å². The largest absolute Gasteiger partial charge is 0.508 e. The molecule has 1 heterocycles. The van der Waals surface area contributed by atoms with E-state index in [-0.39, 0.29) is 17.4 Å². The summed E-state index contributed by atoms with van der Waals surface area (Å²) in [5.41, 5.74) is 0.923. The SMILES string of the molecule is C[C@H](NC(=O)COC(=O)c1cccc(O)c1)c1cc2ccccc2o1. The highest BCUT2D eigenvalue weighted by atomic mass is 16.5. The summed E-state index contributed by atoms with van der Waals surface area (Å²) in [5, 5.41) is 13.0. The van der Waals surface area contributed by atoms with Crippen LogP contribution >= 0.6 is 0 Å². The van der Waals surface area contributed by atoms with E-state index in [1.165, 1.54) is 24.3 Å². The molecular weight excluding hydrogens is 322 g/mol. The Morgan fingerprint density at radius 1 is 1.16 bits per heavy atom. The molecule has 3 rings (SSSR count). The number of phenols is 1. The lowest BCUT2D eigenvalue weighted by atomic mass is 10.2. The predicted octanol–water partition coefficient (Wildman–Crippen LogP) is 3.17. The van der Waals surface area contributed by atoms with Crippen LogP contribution in [0.3, 0.4) is 0 Å². The number of phenolic OH excluding ortho intramolecular Hbond substituents is 1. The molecule has 0 saturated carbocycles. The quantitative estimate of drug-likeness (QED) is 0.697. The highest BCUT2D eigenvalue weighted by Gasteiger charge is 2.16. The van der Waals surface area contributed by atoms with Crippen LogP contribution in [0.5, 0.6) is 5.75 Å². The van der Waals surface area contributed by atoms with E-state index in [1.807, 2.05) is 30.3 Å². The summed E-state index contributed by atoms with van der Waals surface area (Å²) in [7, 11) is 0. The molecule has 2 N–H and O–H groups in total. The van der Waals surface area contributed by atoms with Crippen molar-refractivity contribution in [3.63, 3.8) is 0 Å². The molecular formula is C19H17NO5. The zero-order valence-electron chi connectivity index (χ0n) is 13.6. The number of amides is 1. The number of hydrogen-bond acceptors (Lipinski definition) is 5. The number of rotatable bonds is 5. The summed E-state index contributed by atoms with van der Waals surface area (Å²) in [5.74, 6) is -0.546. The lowest BCUT2D eigenvalue weighted by Crippen LogP contribution is -2.30. The van der Waals surface area contributed by atoms with Gasteiger partial charge in [-0.15, -0.1) is 0 Å². The maximum atomic E-state index is 12.0. The molecule has 0 radical (unpaired) electrons. The Hall–Kier alpha value is -3.28. The van der Waals surface area contributed by atoms with Crippen LogP contribution in [0.2, 0.25) is 0 Å². The predicted molar refractivity (Wildman–Crippen MR) is 91.2 cm³/mol. The summed E-state index contributed by atoms with van der Waals surface area (Å²) < 4.78 is 10.6. The molecule has 0 bridgehead atoms. The number of para-hydroxylation sites is 1. The van der Waals surface area contributed by atoms with Crippen LogP contribution in [0.25, 0.3) is 11.0 Å². The average Bonchev–Trinajstić information content (AvgIpc) is 3.04. The smallest absolute Gasteiger partial charge is 0.338 e. The minimum absolute atomic E-state index is 0.0441. The molecule has 128 valence electrons. The molecule has 3 aromatic rings. The van der Waals surface area contributed by atoms with Crippen LogP contribution in [0.4, 0.5) is 0 Å². The second-order valence-corrected chi connectivity index (χ2v) is 5.60. The molecule has 0 aliphatic rings. The van der Waals surface area contributed by atoms with Crippen molar-refractivity contribution < 1.29 is 23.8 Å². The summed E-state index contributed by atoms with van der Waals surface area (Å²) in [6.45, 7) is 1.37. The number of carbonyl (C=O) groups excluding carboxylic acids is 2. The van der Waals surface area contributed by atoms with Crippen LogP contribution in [0, 0.1) is 0 Å². The lowest BCUT2D eigenvalue weighted by molar-refractivity contribution is -0.125. The number of fused-ring (bicyclic) bond motifs is 1. The van der Waals surface area contributed by atoms with E-state index in [0.717, 1.165) is 11.0 Å². The van der Waals surface area contributed by atoms with Gasteiger partial charge in [-0.05, 0) is 37.3 Å². The van der Waals surface area contributed by atoms with Crippen molar-refractivity contribution >= 4 is 22.8 Å². The molecule has 0 saturated heterocycles. The van der Waals surface area contributed by atoms with E-state index < -0.39 is 18.5 Å². The molecule has 6 heteroatoms. The van der Waals surface area contributed by atoms with Gasteiger partial charge < -0.3 is 19.6 Å². The minimum Gasteiger partial charge on any atom is -0.508 e. The lowest BCUT2D eigenvalue weighted by Gasteiger charge is -2.11. The third kappa shape index (κ3) is 3.98. The second kappa shape index (κ2) is 7.09. The highest BCUT2D eigenvalue weighted by Crippen LogP contribution is 2.23. The molecule has 2 aromatic carbocycles. The van der Waals surface area contributed by atoms with Crippen LogP contribution < -0.4 is 5.32 Å². The van der Waals surface area contributed by atoms with E-state index in [0.29, 0.717) is 5.76 Å². The topological polar surface area (TPSA) is 88.8 Å². The first-order valence-electron chi connectivity index (χ1n) is 7.77. The molecule has 0 fully saturated rings. The number of nitrogens with one attached hydrogen (secondary N) is 1. The van der Waals surface area contributed by atoms with Crippen molar-refractivity contribution in [2.24, 2.45) is 0 Å². The molecule has 0 aliphatic heterocycles. The van der Waals surface area contributed by atoms with E-state index in [9.17, 15) is 14.7 Å². The van der Waals surface area contributed by atoms with Crippen molar-refractivity contribution in [3.8, 4) is 5.75 Å². The Labute approximate surface area is 144 Å². The second-order valence-electron chi connectivity index (χ2n) is 5.60. The maximum Gasteiger partial charge on any atom is 0.338 e. The van der Waals surface area contributed by atoms with E-state index >= 15 is 0 Å². The molecule has 25 heavy (non-hydrogen) atoms. The summed E-state index contributed by atoms with van der Waals surface area (Å²) in [4.78, 5) is 23.8. The van der Waals surface area contributed by atoms with Gasteiger partial charge in [0.2, 0.25) is 0 Å². The minimum atomic E-state index is -0.678. The Kier molecular flexibility index (Phi) is 4.70. The molecule has 1 aromatic heterocycles. The Morgan fingerprint density at radius 3 is 2.72 bits per heavy atom. The van der Waals surface area contributed by atoms with E-state index in [1.54, 1.807) is 6.92 Å². The van der Waals surface area contributed by atoms with Gasteiger partial charge >= 0.3 is 5.97 Å². The van der Waals surface area contributed by atoms with Gasteiger partial charge in [0.25, 0.3) is 5.91 Å². The third-order valence-corrected chi connectivity index (χ3v) is 3.67. The molecule has 0 spiro atoms. The van der Waals surface area contributed by atoms with Crippen LogP contribution in [-0.2, 0) is 9.53 Å². The van der Waals surface area contributed by atoms with Crippen LogP contribution in [-0.4, -0.2) is 23.6 Å². The van der Waals surface area contributed by atoms with Crippen molar-refractivity contribution in [2.75, 3.05) is 6.61 Å². The fourth-order valence-electron chi connectivity index (χ4n) is 2.42. The molecule has 1 amide bonds. The van der Waals surface area contributed by atoms with Gasteiger partial charge in [0, 0.05) is 5.39 Å². The first-order valence-corrected chi connectivity index (χ1v) is 7.77. The van der Waals surface area contributed by atoms with Crippen molar-refractivity contribution in [1.29, 1.82) is 0 Å². The summed E-state index contributed by atoms with van der Waals surface area (Å²) in [6.07, 6.45) is 0. The first-order chi connectivity index (χ1) is 12.0. The fourth-order valence-corrected chi connectivity index (χ4v) is 2.42. The first kappa shape index (κ1) is 16.6. The Morgan fingerprint density at radius 2 is 1.96 bits per heavy atom. The van der Waals surface area contributed by atoms with Gasteiger partial charge in [0.15, 0.2) is 6.61 Å². The Balaban J connectivity index is 1.55. The van der Waals surface area contributed by atoms with Crippen LogP contribution in [0.1, 0.15) is 29.1 Å². The number of carbonyl (C=O) groups is 2. The highest BCUT2D eigenvalue weighted by molar-refractivity contribution is 5.91. The zero-order valence-corrected chi connectivity index (χ0v) is 13.6. The number of esters is 1. The normalized spacial score (nSPS) is 11.9. The van der Waals surface area contributed by atoms with Gasteiger partial charge in [-0.2, -0.15) is 0 Å². The van der Waals surface area contributed by atoms with Gasteiger partial charge in [-0.3, -0.25) is 4.79 Å². The van der Waals surface area contributed by atoms with Gasteiger partial charge in [0.1, 0.15) is 17.1 Å². The zero-order chi connectivity index (χ0) is 17.8. The maximum absolute atomic E-state index is 12.0. The fraction of sp³-hybridized carbons (Fsp3) is 0.158. The van der Waals surface area contributed by atoms with Gasteiger partial charge in [-0.25, -0.2) is 4.79 Å². The third-order valence-electron chi connectivity index (χ3n) is 3.67. The monoisotopic (exact) mass is 339 g/mol. The van der Waals surface area contributed by atoms with Crippen molar-refractivity contribution in [1.82, 2.24) is 5.32 Å². The average molecular weight is 339 g/mol. The molecule has 6 nitrogen and oxygen atoms in total. The van der Waals surface area contributed by atoms with Gasteiger partial charge in [-0.1, -0.05) is 24.3 Å². The summed E-state index contributed by atoms with van der Waals surface area (Å²) in [6, 6.07) is 14.8. The Bertz CT molecular complexity index is 882. The molecule has 1 atom stereocenters. The number of ether oxygens (including phenoxy) is 1. The number of hydrogen-bond donors (Lipinski definition) is 2. The van der Waals surface area contributed by atoms with E-state index in [4.69, 9.17) is 9.15 Å². The number of furan rings is 1. The van der Waals surface area contributed by atoms with Gasteiger partial charge in [0.05, 0.1) is 11.6 Å². The van der Waals surface area contributed by atoms with Crippen LogP contribution in [0.15, 0.2) is 59.0 Å². The van der Waals surface area contributed by atoms with E-state index in [2.05, 4.69) is 5.32 Å². The number of aromatic hydroxyl groups is 1. The molecule has 0 aliphatic carbocycles. The molecule has 0 unspecified atom stereocenters.